The molecule has 1 aromatic heterocycles. The molecule has 0 saturated carbocycles. The van der Waals surface area contributed by atoms with Crippen LogP contribution in [0.5, 0.6) is 23.0 Å². The van der Waals surface area contributed by atoms with Gasteiger partial charge in [0.05, 0.1) is 53.2 Å². The number of fused-ring (bicyclic) bond motifs is 1. The van der Waals surface area contributed by atoms with Crippen molar-refractivity contribution >= 4 is 45.3 Å². The maximum Gasteiger partial charge on any atom is 0.343 e. The average molecular weight is 714 g/mol. The van der Waals surface area contributed by atoms with E-state index in [9.17, 15) is 14.4 Å². The van der Waals surface area contributed by atoms with Crippen LogP contribution in [0.15, 0.2) is 55.9 Å². The van der Waals surface area contributed by atoms with Crippen molar-refractivity contribution in [1.29, 1.82) is 0 Å². The van der Waals surface area contributed by atoms with E-state index in [0.29, 0.717) is 66.8 Å². The van der Waals surface area contributed by atoms with E-state index < -0.39 is 18.0 Å². The van der Waals surface area contributed by atoms with Crippen LogP contribution in [0.3, 0.4) is 0 Å². The lowest BCUT2D eigenvalue weighted by molar-refractivity contribution is -0.143. The van der Waals surface area contributed by atoms with Gasteiger partial charge in [0, 0.05) is 0 Å². The van der Waals surface area contributed by atoms with Crippen molar-refractivity contribution in [2.45, 2.75) is 33.7 Å². The van der Waals surface area contributed by atoms with Gasteiger partial charge in [0.1, 0.15) is 6.61 Å². The topological polar surface area (TPSA) is 124 Å². The Balaban J connectivity index is 1.90. The van der Waals surface area contributed by atoms with Crippen molar-refractivity contribution in [3.8, 4) is 35.3 Å². The zero-order valence-electron chi connectivity index (χ0n) is 26.0. The van der Waals surface area contributed by atoms with Crippen LogP contribution in [-0.2, 0) is 19.1 Å². The summed E-state index contributed by atoms with van der Waals surface area (Å²) in [5.41, 5.74) is 1.47. The van der Waals surface area contributed by atoms with E-state index in [4.69, 9.17) is 30.1 Å². The number of esters is 2. The van der Waals surface area contributed by atoms with Crippen LogP contribution < -0.4 is 33.8 Å². The van der Waals surface area contributed by atoms with Gasteiger partial charge in [-0.2, -0.15) is 0 Å². The minimum absolute atomic E-state index is 0.0577. The number of hydrogen-bond acceptors (Lipinski definition) is 11. The first-order valence-electron chi connectivity index (χ1n) is 14.4. The molecule has 1 aliphatic rings. The van der Waals surface area contributed by atoms with Crippen LogP contribution in [0.1, 0.15) is 44.9 Å². The summed E-state index contributed by atoms with van der Waals surface area (Å²) in [6.07, 6.45) is 7.09. The summed E-state index contributed by atoms with van der Waals surface area (Å²) in [5.74, 6) is 2.82. The summed E-state index contributed by atoms with van der Waals surface area (Å²) < 4.78 is 35.4. The highest BCUT2D eigenvalue weighted by atomic mass is 79.9. The number of nitrogens with zero attached hydrogens (tertiary/aromatic N) is 2. The number of carbonyl (C=O) groups excluding carboxylic acids is 2. The highest BCUT2D eigenvalue weighted by Crippen LogP contribution is 2.38. The average Bonchev–Trinajstić information content (AvgIpc) is 3.33. The highest BCUT2D eigenvalue weighted by Gasteiger charge is 2.34. The summed E-state index contributed by atoms with van der Waals surface area (Å²) in [6.45, 7) is 7.61. The van der Waals surface area contributed by atoms with E-state index in [-0.39, 0.29) is 31.0 Å². The molecule has 242 valence electrons. The summed E-state index contributed by atoms with van der Waals surface area (Å²) in [6, 6.07) is 7.66. The molecule has 11 nitrogen and oxygen atoms in total. The van der Waals surface area contributed by atoms with Gasteiger partial charge in [0.15, 0.2) is 34.4 Å². The Morgan fingerprint density at radius 2 is 1.78 bits per heavy atom. The molecule has 2 aromatic carbocycles. The first-order valence-corrected chi connectivity index (χ1v) is 16.0. The molecular weight excluding hydrogens is 680 g/mol. The van der Waals surface area contributed by atoms with E-state index in [0.717, 1.165) is 0 Å². The van der Waals surface area contributed by atoms with Crippen molar-refractivity contribution in [3.63, 3.8) is 0 Å². The maximum absolute atomic E-state index is 14.1. The normalized spacial score (nSPS) is 14.1. The minimum atomic E-state index is -0.892. The molecule has 46 heavy (non-hydrogen) atoms. The van der Waals surface area contributed by atoms with Crippen LogP contribution in [0, 0.1) is 12.3 Å². The Kier molecular flexibility index (Phi) is 11.7. The molecule has 0 N–H and O–H groups in total. The van der Waals surface area contributed by atoms with Crippen molar-refractivity contribution in [2.75, 3.05) is 40.1 Å². The quantitative estimate of drug-likeness (QED) is 0.192. The molecule has 0 aliphatic carbocycles. The van der Waals surface area contributed by atoms with Crippen molar-refractivity contribution < 1.29 is 38.0 Å². The van der Waals surface area contributed by atoms with Crippen LogP contribution in [0.4, 0.5) is 0 Å². The number of hydrogen-bond donors (Lipinski definition) is 0. The zero-order chi connectivity index (χ0) is 33.4. The van der Waals surface area contributed by atoms with E-state index in [2.05, 4.69) is 31.6 Å². The molecule has 1 aliphatic heterocycles. The van der Waals surface area contributed by atoms with Gasteiger partial charge in [-0.05, 0) is 85.1 Å². The molecule has 4 rings (SSSR count). The van der Waals surface area contributed by atoms with Crippen LogP contribution in [0.2, 0.25) is 0 Å². The number of aromatic nitrogens is 1. The number of ether oxygens (including phenoxy) is 6. The van der Waals surface area contributed by atoms with Gasteiger partial charge < -0.3 is 28.4 Å². The van der Waals surface area contributed by atoms with Gasteiger partial charge in [-0.15, -0.1) is 6.42 Å². The third kappa shape index (κ3) is 7.46. The Labute approximate surface area is 278 Å². The Morgan fingerprint density at radius 1 is 1.04 bits per heavy atom. The van der Waals surface area contributed by atoms with E-state index in [1.807, 2.05) is 6.92 Å². The summed E-state index contributed by atoms with van der Waals surface area (Å²) in [7, 11) is 1.27. The summed E-state index contributed by atoms with van der Waals surface area (Å²) in [5, 5.41) is 0. The predicted molar refractivity (Wildman–Crippen MR) is 175 cm³/mol. The third-order valence-corrected chi connectivity index (χ3v) is 8.17. The lowest BCUT2D eigenvalue weighted by Crippen LogP contribution is -2.40. The fourth-order valence-electron chi connectivity index (χ4n) is 4.72. The van der Waals surface area contributed by atoms with Gasteiger partial charge in [0.25, 0.3) is 5.56 Å². The molecule has 0 amide bonds. The van der Waals surface area contributed by atoms with Gasteiger partial charge >= 0.3 is 11.9 Å². The van der Waals surface area contributed by atoms with Gasteiger partial charge in [0.2, 0.25) is 0 Å². The summed E-state index contributed by atoms with van der Waals surface area (Å²) >= 11 is 4.71. The maximum atomic E-state index is 14.1. The number of thiazole rings is 1. The van der Waals surface area contributed by atoms with Crippen LogP contribution in [-0.4, -0.2) is 56.6 Å². The Bertz CT molecular complexity index is 1890. The number of rotatable bonds is 13. The highest BCUT2D eigenvalue weighted by molar-refractivity contribution is 9.10. The Morgan fingerprint density at radius 3 is 2.46 bits per heavy atom. The SMILES string of the molecule is C#CCOc1c(Br)cc(/C=c2\sc3n(c2=O)[C@H](c2ccc(OCC(=O)OC)c(OCC)c2)C(C(=O)OCC)=C(C)N=3)cc1OCC. The number of benzene rings is 2. The molecule has 2 heterocycles. The molecule has 0 fully saturated rings. The molecule has 0 radical (unpaired) electrons. The van der Waals surface area contributed by atoms with Gasteiger partial charge in [-0.25, -0.2) is 14.6 Å². The molecule has 0 unspecified atom stereocenters. The summed E-state index contributed by atoms with van der Waals surface area (Å²) in [4.78, 5) is 44.2. The van der Waals surface area contributed by atoms with Gasteiger partial charge in [-0.3, -0.25) is 9.36 Å². The minimum Gasteiger partial charge on any atom is -0.490 e. The zero-order valence-corrected chi connectivity index (χ0v) is 28.4. The molecule has 0 saturated heterocycles. The number of allylic oxidation sites excluding steroid dienone is 1. The van der Waals surface area contributed by atoms with Gasteiger partial charge in [-0.1, -0.05) is 23.3 Å². The fraction of sp³-hybridized carbons (Fsp3) is 0.333. The van der Waals surface area contributed by atoms with Crippen molar-refractivity contribution in [2.24, 2.45) is 4.99 Å². The molecule has 13 heteroatoms. The molecule has 1 atom stereocenters. The number of halogens is 1. The second-order valence-electron chi connectivity index (χ2n) is 9.56. The lowest BCUT2D eigenvalue weighted by atomic mass is 9.95. The number of carbonyl (C=O) groups is 2. The molecule has 3 aromatic rings. The first-order chi connectivity index (χ1) is 22.2. The number of terminal acetylenes is 1. The standard InChI is InChI=1S/C33H33BrN2O9S/c1-7-13-44-30-22(34)14-20(15-25(30)42-9-3)16-26-31(38)36-29(28(32(39)43-10-4)19(5)35-33(36)46-26)21-11-12-23(24(17-21)41-8-2)45-18-27(37)40-6/h1,11-12,14-17,29H,8-10,13,18H2,2-6H3/b26-16-/t29-/m1/s1. The Hall–Kier alpha value is -4.54. The second kappa shape index (κ2) is 15.6. The number of methoxy groups -OCH3 is 1. The smallest absolute Gasteiger partial charge is 0.343 e. The van der Waals surface area contributed by atoms with E-state index in [1.165, 1.54) is 23.0 Å². The molecule has 0 bridgehead atoms. The second-order valence-corrected chi connectivity index (χ2v) is 11.4. The fourth-order valence-corrected chi connectivity index (χ4v) is 6.35. The first kappa shape index (κ1) is 34.3. The van der Waals surface area contributed by atoms with Crippen LogP contribution >= 0.6 is 27.3 Å². The largest absolute Gasteiger partial charge is 0.490 e. The van der Waals surface area contributed by atoms with Crippen molar-refractivity contribution in [1.82, 2.24) is 4.57 Å². The predicted octanol–water partition coefficient (Wildman–Crippen LogP) is 3.92. The molecular formula is C33H33BrN2O9S. The van der Waals surface area contributed by atoms with Crippen LogP contribution in [0.25, 0.3) is 6.08 Å². The van der Waals surface area contributed by atoms with E-state index in [1.54, 1.807) is 57.2 Å². The lowest BCUT2D eigenvalue weighted by Gasteiger charge is -2.25. The molecule has 0 spiro atoms. The third-order valence-electron chi connectivity index (χ3n) is 6.60. The van der Waals surface area contributed by atoms with Crippen molar-refractivity contribution in [3.05, 3.63) is 76.9 Å². The monoisotopic (exact) mass is 712 g/mol. The van der Waals surface area contributed by atoms with E-state index >= 15 is 0 Å².